The first-order chi connectivity index (χ1) is 13.8. The molecule has 1 aliphatic heterocycles. The maximum Gasteiger partial charge on any atom is 0.192 e. The second kappa shape index (κ2) is 9.43. The van der Waals surface area contributed by atoms with Crippen molar-refractivity contribution in [2.24, 2.45) is 0 Å². The summed E-state index contributed by atoms with van der Waals surface area (Å²) in [4.78, 5) is 0.883. The number of nitriles is 1. The van der Waals surface area contributed by atoms with Crippen LogP contribution in [0.4, 0.5) is 0 Å². The van der Waals surface area contributed by atoms with Gasteiger partial charge in [0.25, 0.3) is 0 Å². The normalized spacial score (nSPS) is 24.2. The summed E-state index contributed by atoms with van der Waals surface area (Å²) in [5.41, 5.74) is -0.987. The molecule has 0 amide bonds. The van der Waals surface area contributed by atoms with Gasteiger partial charge in [-0.25, -0.2) is 0 Å². The third-order valence-electron chi connectivity index (χ3n) is 4.69. The summed E-state index contributed by atoms with van der Waals surface area (Å²) in [7, 11) is 1.69. The minimum atomic E-state index is -1.68. The van der Waals surface area contributed by atoms with Crippen molar-refractivity contribution in [1.82, 2.24) is 9.62 Å². The van der Waals surface area contributed by atoms with E-state index in [4.69, 9.17) is 28.5 Å². The zero-order valence-corrected chi connectivity index (χ0v) is 18.6. The Hall–Kier alpha value is -0.990. The number of β-amino-alcohol motifs (C(OH)–C–C–N with tert-alkyl or cyclic N) is 1. The number of halogens is 2. The standard InChI is InChI=1S/C19H19Cl2N3O3S2/c1-23-11-19(25)12-24(29(27)17-7-2-13(9-22)8-16(17)21)10-18(19)28(26)15-5-3-14(20)4-6-15/h2-8,18,23,25H,10-12H2,1H3/t18-,19?,28?,29?/m0/s1. The third-order valence-corrected chi connectivity index (χ3v) is 8.69. The van der Waals surface area contributed by atoms with E-state index >= 15 is 0 Å². The molecule has 4 atom stereocenters. The molecular formula is C19H19Cl2N3O3S2. The molecule has 6 nitrogen and oxygen atoms in total. The summed E-state index contributed by atoms with van der Waals surface area (Å²) in [5.74, 6) is 0. The van der Waals surface area contributed by atoms with E-state index in [1.165, 1.54) is 12.1 Å². The predicted molar refractivity (Wildman–Crippen MR) is 115 cm³/mol. The molecule has 2 aromatic carbocycles. The molecule has 0 saturated carbocycles. The molecule has 1 aliphatic rings. The molecular weight excluding hydrogens is 453 g/mol. The van der Waals surface area contributed by atoms with Gasteiger partial charge in [-0.05, 0) is 60.7 Å². The maximum absolute atomic E-state index is 13.2. The molecule has 0 aromatic heterocycles. The highest BCUT2D eigenvalue weighted by atomic mass is 35.5. The van der Waals surface area contributed by atoms with Gasteiger partial charge in [-0.2, -0.15) is 5.26 Å². The molecule has 154 valence electrons. The van der Waals surface area contributed by atoms with Crippen molar-refractivity contribution >= 4 is 45.7 Å². The quantitative estimate of drug-likeness (QED) is 0.626. The highest BCUT2D eigenvalue weighted by molar-refractivity contribution is 7.92. The molecule has 0 radical (unpaired) electrons. The summed E-state index contributed by atoms with van der Waals surface area (Å²) in [5, 5.41) is 23.2. The van der Waals surface area contributed by atoms with Crippen molar-refractivity contribution in [2.45, 2.75) is 20.6 Å². The Morgan fingerprint density at radius 3 is 2.55 bits per heavy atom. The first-order valence-electron chi connectivity index (χ1n) is 8.68. The Balaban J connectivity index is 1.87. The highest BCUT2D eigenvalue weighted by Crippen LogP contribution is 2.36. The summed E-state index contributed by atoms with van der Waals surface area (Å²) in [6.45, 7) is 0.392. The van der Waals surface area contributed by atoms with E-state index < -0.39 is 33.4 Å². The molecule has 2 N–H and O–H groups in total. The molecule has 3 rings (SSSR count). The van der Waals surface area contributed by atoms with Crippen LogP contribution in [0, 0.1) is 11.3 Å². The van der Waals surface area contributed by atoms with E-state index in [1.807, 2.05) is 6.07 Å². The fraction of sp³-hybridized carbons (Fsp3) is 0.316. The lowest BCUT2D eigenvalue weighted by Crippen LogP contribution is -2.52. The Labute approximate surface area is 185 Å². The number of likely N-dealkylation sites (N-methyl/N-ethyl adjacent to an activating group) is 1. The Morgan fingerprint density at radius 2 is 1.97 bits per heavy atom. The lowest BCUT2D eigenvalue weighted by atomic mass is 10.0. The van der Waals surface area contributed by atoms with Crippen LogP contribution in [0.5, 0.6) is 0 Å². The minimum absolute atomic E-state index is 0.0563. The number of aliphatic hydroxyl groups is 1. The van der Waals surface area contributed by atoms with Crippen molar-refractivity contribution in [3.63, 3.8) is 0 Å². The molecule has 0 spiro atoms. The first kappa shape index (κ1) is 22.7. The van der Waals surface area contributed by atoms with Crippen LogP contribution >= 0.6 is 23.2 Å². The first-order valence-corrected chi connectivity index (χ1v) is 11.8. The molecule has 10 heteroatoms. The van der Waals surface area contributed by atoms with Crippen molar-refractivity contribution in [1.29, 1.82) is 5.26 Å². The number of nitrogens with one attached hydrogen (secondary N) is 1. The maximum atomic E-state index is 13.2. The van der Waals surface area contributed by atoms with Gasteiger partial charge in [-0.1, -0.05) is 23.2 Å². The minimum Gasteiger partial charge on any atom is -0.611 e. The van der Waals surface area contributed by atoms with Gasteiger partial charge in [0.05, 0.1) is 41.1 Å². The summed E-state index contributed by atoms with van der Waals surface area (Å²) < 4.78 is 27.9. The number of nitrogens with zero attached hydrogens (tertiary/aromatic N) is 2. The van der Waals surface area contributed by atoms with Gasteiger partial charge in [-0.3, -0.25) is 0 Å². The summed E-state index contributed by atoms with van der Waals surface area (Å²) in [6, 6.07) is 13.1. The average molecular weight is 472 g/mol. The predicted octanol–water partition coefficient (Wildman–Crippen LogP) is 2.33. The van der Waals surface area contributed by atoms with Crippen LogP contribution in [-0.2, 0) is 22.5 Å². The van der Waals surface area contributed by atoms with E-state index in [2.05, 4.69) is 5.32 Å². The van der Waals surface area contributed by atoms with E-state index in [0.717, 1.165) is 0 Å². The number of rotatable bonds is 6. The van der Waals surface area contributed by atoms with Gasteiger partial charge in [-0.15, -0.1) is 4.31 Å². The van der Waals surface area contributed by atoms with Crippen molar-refractivity contribution < 1.29 is 14.2 Å². The second-order valence-corrected chi connectivity index (χ2v) is 10.6. The molecule has 1 saturated heterocycles. The summed E-state index contributed by atoms with van der Waals surface area (Å²) >= 11 is 8.89. The highest BCUT2D eigenvalue weighted by Gasteiger charge is 2.56. The third kappa shape index (κ3) is 4.85. The van der Waals surface area contributed by atoms with Crippen LogP contribution in [-0.4, -0.2) is 56.1 Å². The number of benzene rings is 2. The monoisotopic (exact) mass is 471 g/mol. The molecule has 0 aliphatic carbocycles. The fourth-order valence-electron chi connectivity index (χ4n) is 3.28. The smallest absolute Gasteiger partial charge is 0.192 e. The lowest BCUT2D eigenvalue weighted by molar-refractivity contribution is 0.0603. The van der Waals surface area contributed by atoms with Gasteiger partial charge in [0.2, 0.25) is 0 Å². The van der Waals surface area contributed by atoms with Crippen LogP contribution in [0.2, 0.25) is 10.0 Å². The zero-order valence-electron chi connectivity index (χ0n) is 15.5. The second-order valence-electron chi connectivity index (χ2n) is 6.70. The molecule has 1 fully saturated rings. The van der Waals surface area contributed by atoms with Crippen LogP contribution < -0.4 is 5.32 Å². The van der Waals surface area contributed by atoms with Crippen LogP contribution in [0.3, 0.4) is 0 Å². The van der Waals surface area contributed by atoms with E-state index in [-0.39, 0.29) is 24.7 Å². The van der Waals surface area contributed by atoms with Crippen LogP contribution in [0.15, 0.2) is 52.3 Å². The Morgan fingerprint density at radius 1 is 1.28 bits per heavy atom. The Bertz CT molecular complexity index is 913. The fourth-order valence-corrected chi connectivity index (χ4v) is 6.80. The molecule has 0 bridgehead atoms. The van der Waals surface area contributed by atoms with Crippen LogP contribution in [0.1, 0.15) is 5.56 Å². The van der Waals surface area contributed by atoms with Crippen LogP contribution in [0.25, 0.3) is 0 Å². The number of hydrogen-bond acceptors (Lipinski definition) is 6. The van der Waals surface area contributed by atoms with Crippen molar-refractivity contribution in [3.8, 4) is 6.07 Å². The van der Waals surface area contributed by atoms with Crippen molar-refractivity contribution in [2.75, 3.05) is 26.7 Å². The largest absolute Gasteiger partial charge is 0.611 e. The van der Waals surface area contributed by atoms with Gasteiger partial charge < -0.3 is 19.5 Å². The molecule has 2 aromatic rings. The SMILES string of the molecule is CNCC1(O)CN([S+]([O-])c2ccc(C#N)cc2Cl)C[C@@H]1[S+]([O-])c1ccc(Cl)cc1. The molecule has 29 heavy (non-hydrogen) atoms. The van der Waals surface area contributed by atoms with Gasteiger partial charge >= 0.3 is 0 Å². The van der Waals surface area contributed by atoms with E-state index in [0.29, 0.717) is 20.4 Å². The average Bonchev–Trinajstić information content (AvgIpc) is 3.05. The topological polar surface area (TPSA) is 105 Å². The van der Waals surface area contributed by atoms with Gasteiger partial charge in [0.15, 0.2) is 15.0 Å². The number of hydrogen-bond donors (Lipinski definition) is 2. The molecule has 1 heterocycles. The van der Waals surface area contributed by atoms with Gasteiger partial charge in [0.1, 0.15) is 5.60 Å². The Kier molecular flexibility index (Phi) is 7.38. The van der Waals surface area contributed by atoms with E-state index in [1.54, 1.807) is 41.7 Å². The van der Waals surface area contributed by atoms with E-state index in [9.17, 15) is 14.2 Å². The summed E-state index contributed by atoms with van der Waals surface area (Å²) in [6.07, 6.45) is 0. The lowest BCUT2D eigenvalue weighted by Gasteiger charge is -2.29. The zero-order chi connectivity index (χ0) is 21.2. The molecule has 3 unspecified atom stereocenters. The van der Waals surface area contributed by atoms with Gasteiger partial charge in [0, 0.05) is 11.6 Å². The van der Waals surface area contributed by atoms with Crippen molar-refractivity contribution in [3.05, 3.63) is 58.1 Å².